The number of nitrogens with zero attached hydrogens (tertiary/aromatic N) is 8. The predicted molar refractivity (Wildman–Crippen MR) is 91.4 cm³/mol. The van der Waals surface area contributed by atoms with E-state index in [9.17, 15) is 0 Å². The van der Waals surface area contributed by atoms with Crippen LogP contribution in [0.15, 0.2) is 37.1 Å². The third-order valence-electron chi connectivity index (χ3n) is 4.17. The second-order valence-corrected chi connectivity index (χ2v) is 5.80. The molecule has 0 atom stereocenters. The summed E-state index contributed by atoms with van der Waals surface area (Å²) in [6, 6.07) is 4.09. The second-order valence-electron chi connectivity index (χ2n) is 5.80. The summed E-state index contributed by atoms with van der Waals surface area (Å²) in [6.07, 6.45) is 9.57. The summed E-state index contributed by atoms with van der Waals surface area (Å²) >= 11 is 0. The number of fused-ring (bicyclic) bond motifs is 1. The van der Waals surface area contributed by atoms with Gasteiger partial charge in [0.1, 0.15) is 11.5 Å². The lowest BCUT2D eigenvalue weighted by Gasteiger charge is -2.08. The summed E-state index contributed by atoms with van der Waals surface area (Å²) in [5, 5.41) is 17.4. The van der Waals surface area contributed by atoms with E-state index >= 15 is 0 Å². The van der Waals surface area contributed by atoms with Gasteiger partial charge in [-0.25, -0.2) is 9.97 Å². The standard InChI is InChI=1S/C17H16N8/c1-12-14(10-21-25(12)6-3-4-18)17-22-15(13-9-20-23(2)11-13)8-16-19-5-7-24(16)17/h5,7-11H,3,6H2,1-2H3. The lowest BCUT2D eigenvalue weighted by molar-refractivity contribution is 0.610. The second kappa shape index (κ2) is 5.87. The number of imidazole rings is 1. The predicted octanol–water partition coefficient (Wildman–Crippen LogP) is 2.22. The van der Waals surface area contributed by atoms with Gasteiger partial charge in [0.05, 0.1) is 42.7 Å². The lowest BCUT2D eigenvalue weighted by atomic mass is 10.2. The Morgan fingerprint density at radius 2 is 2.12 bits per heavy atom. The minimum Gasteiger partial charge on any atom is -0.284 e. The first-order valence-electron chi connectivity index (χ1n) is 7.90. The van der Waals surface area contributed by atoms with Crippen molar-refractivity contribution >= 4 is 5.65 Å². The van der Waals surface area contributed by atoms with Crippen LogP contribution in [0.4, 0.5) is 0 Å². The van der Waals surface area contributed by atoms with Crippen molar-refractivity contribution in [3.63, 3.8) is 0 Å². The zero-order valence-corrected chi connectivity index (χ0v) is 14.0. The third-order valence-corrected chi connectivity index (χ3v) is 4.17. The minimum atomic E-state index is 0.422. The molecule has 4 rings (SSSR count). The van der Waals surface area contributed by atoms with E-state index in [0.717, 1.165) is 34.0 Å². The average Bonchev–Trinajstić information content (AvgIpc) is 3.32. The van der Waals surface area contributed by atoms with Crippen LogP contribution >= 0.6 is 0 Å². The van der Waals surface area contributed by atoms with E-state index in [-0.39, 0.29) is 0 Å². The molecule has 0 saturated carbocycles. The van der Waals surface area contributed by atoms with Crippen LogP contribution in [0.25, 0.3) is 28.3 Å². The van der Waals surface area contributed by atoms with E-state index in [2.05, 4.69) is 21.3 Å². The smallest absolute Gasteiger partial charge is 0.149 e. The third kappa shape index (κ3) is 2.55. The molecule has 8 heteroatoms. The molecule has 4 aromatic rings. The summed E-state index contributed by atoms with van der Waals surface area (Å²) in [5.74, 6) is 0.773. The van der Waals surface area contributed by atoms with Gasteiger partial charge in [-0.2, -0.15) is 15.5 Å². The first kappa shape index (κ1) is 15.1. The zero-order chi connectivity index (χ0) is 17.4. The molecule has 0 aromatic carbocycles. The molecule has 0 N–H and O–H groups in total. The number of hydrogen-bond donors (Lipinski definition) is 0. The Bertz CT molecular complexity index is 1090. The van der Waals surface area contributed by atoms with Gasteiger partial charge in [-0.3, -0.25) is 13.8 Å². The van der Waals surface area contributed by atoms with Crippen molar-refractivity contribution in [2.24, 2.45) is 7.05 Å². The van der Waals surface area contributed by atoms with Crippen molar-refractivity contribution in [1.29, 1.82) is 5.26 Å². The summed E-state index contributed by atoms with van der Waals surface area (Å²) in [6.45, 7) is 2.55. The molecule has 0 saturated heterocycles. The van der Waals surface area contributed by atoms with Gasteiger partial charge in [-0.1, -0.05) is 0 Å². The monoisotopic (exact) mass is 332 g/mol. The Kier molecular flexibility index (Phi) is 3.54. The van der Waals surface area contributed by atoms with E-state index in [1.54, 1.807) is 23.3 Å². The molecule has 0 unspecified atom stereocenters. The van der Waals surface area contributed by atoms with Gasteiger partial charge in [0, 0.05) is 43.0 Å². The number of rotatable bonds is 4. The maximum absolute atomic E-state index is 8.80. The molecule has 0 fully saturated rings. The van der Waals surface area contributed by atoms with Gasteiger partial charge in [0.25, 0.3) is 0 Å². The van der Waals surface area contributed by atoms with Crippen LogP contribution in [0.3, 0.4) is 0 Å². The molecule has 0 aliphatic carbocycles. The van der Waals surface area contributed by atoms with Crippen LogP contribution in [0, 0.1) is 18.3 Å². The fourth-order valence-electron chi connectivity index (χ4n) is 2.86. The van der Waals surface area contributed by atoms with Gasteiger partial charge in [-0.05, 0) is 6.92 Å². The molecular weight excluding hydrogens is 316 g/mol. The van der Waals surface area contributed by atoms with Crippen molar-refractivity contribution in [2.45, 2.75) is 19.9 Å². The molecule has 0 amide bonds. The van der Waals surface area contributed by atoms with Crippen LogP contribution in [0.1, 0.15) is 12.1 Å². The maximum atomic E-state index is 8.80. The molecule has 25 heavy (non-hydrogen) atoms. The molecule has 4 heterocycles. The van der Waals surface area contributed by atoms with Crippen LogP contribution in [-0.4, -0.2) is 33.9 Å². The van der Waals surface area contributed by atoms with E-state index in [0.29, 0.717) is 13.0 Å². The molecule has 0 spiro atoms. The highest BCUT2D eigenvalue weighted by atomic mass is 15.3. The Morgan fingerprint density at radius 3 is 2.88 bits per heavy atom. The highest BCUT2D eigenvalue weighted by Gasteiger charge is 2.16. The number of aryl methyl sites for hydroxylation is 2. The number of aromatic nitrogens is 7. The molecule has 0 aliphatic rings. The SMILES string of the molecule is Cc1c(-c2nc(-c3cnn(C)c3)cc3nccn23)cnn1CCC#N. The fraction of sp³-hybridized carbons (Fsp3) is 0.235. The normalized spacial score (nSPS) is 11.1. The van der Waals surface area contributed by atoms with Crippen molar-refractivity contribution in [3.8, 4) is 28.7 Å². The zero-order valence-electron chi connectivity index (χ0n) is 14.0. The van der Waals surface area contributed by atoms with Gasteiger partial charge in [0.15, 0.2) is 0 Å². The van der Waals surface area contributed by atoms with Crippen molar-refractivity contribution < 1.29 is 0 Å². The minimum absolute atomic E-state index is 0.422. The highest BCUT2D eigenvalue weighted by Crippen LogP contribution is 2.26. The van der Waals surface area contributed by atoms with E-state index in [1.165, 1.54) is 0 Å². The van der Waals surface area contributed by atoms with Crippen molar-refractivity contribution in [1.82, 2.24) is 33.9 Å². The molecule has 8 nitrogen and oxygen atoms in total. The van der Waals surface area contributed by atoms with E-state index in [4.69, 9.17) is 10.2 Å². The lowest BCUT2D eigenvalue weighted by Crippen LogP contribution is -2.03. The van der Waals surface area contributed by atoms with E-state index in [1.807, 2.05) is 41.5 Å². The van der Waals surface area contributed by atoms with Crippen LogP contribution in [-0.2, 0) is 13.6 Å². The van der Waals surface area contributed by atoms with Gasteiger partial charge in [-0.15, -0.1) is 0 Å². The Morgan fingerprint density at radius 1 is 1.24 bits per heavy atom. The average molecular weight is 332 g/mol. The first-order chi connectivity index (χ1) is 12.2. The molecule has 0 bridgehead atoms. The topological polar surface area (TPSA) is 89.6 Å². The van der Waals surface area contributed by atoms with Crippen LogP contribution < -0.4 is 0 Å². The number of hydrogen-bond acceptors (Lipinski definition) is 5. The van der Waals surface area contributed by atoms with Crippen molar-refractivity contribution in [2.75, 3.05) is 0 Å². The molecular formula is C17H16N8. The number of nitriles is 1. The molecule has 4 aromatic heterocycles. The van der Waals surface area contributed by atoms with Crippen LogP contribution in [0.5, 0.6) is 0 Å². The Labute approximate surface area is 144 Å². The van der Waals surface area contributed by atoms with Crippen LogP contribution in [0.2, 0.25) is 0 Å². The van der Waals surface area contributed by atoms with Gasteiger partial charge < -0.3 is 0 Å². The van der Waals surface area contributed by atoms with E-state index < -0.39 is 0 Å². The first-order valence-corrected chi connectivity index (χ1v) is 7.90. The van der Waals surface area contributed by atoms with Crippen molar-refractivity contribution in [3.05, 3.63) is 42.7 Å². The Hall–Kier alpha value is -3.47. The van der Waals surface area contributed by atoms with Gasteiger partial charge >= 0.3 is 0 Å². The summed E-state index contributed by atoms with van der Waals surface area (Å²) in [7, 11) is 1.88. The molecule has 0 aliphatic heterocycles. The maximum Gasteiger partial charge on any atom is 0.149 e. The highest BCUT2D eigenvalue weighted by molar-refractivity contribution is 5.69. The molecule has 0 radical (unpaired) electrons. The van der Waals surface area contributed by atoms with Gasteiger partial charge in [0.2, 0.25) is 0 Å². The Balaban J connectivity index is 1.88. The summed E-state index contributed by atoms with van der Waals surface area (Å²) < 4.78 is 5.52. The summed E-state index contributed by atoms with van der Waals surface area (Å²) in [5.41, 5.74) is 4.45. The fourth-order valence-corrected chi connectivity index (χ4v) is 2.86. The molecule has 124 valence electrons. The quantitative estimate of drug-likeness (QED) is 0.571. The summed E-state index contributed by atoms with van der Waals surface area (Å²) in [4.78, 5) is 9.24. The largest absolute Gasteiger partial charge is 0.284 e.